The van der Waals surface area contributed by atoms with Gasteiger partial charge >= 0.3 is 0 Å². The van der Waals surface area contributed by atoms with Gasteiger partial charge in [0, 0.05) is 12.1 Å². The summed E-state index contributed by atoms with van der Waals surface area (Å²) >= 11 is 0. The second-order valence-electron chi connectivity index (χ2n) is 4.61. The molecule has 2 unspecified atom stereocenters. The van der Waals surface area contributed by atoms with Gasteiger partial charge in [-0.15, -0.1) is 0 Å². The van der Waals surface area contributed by atoms with Gasteiger partial charge in [0.15, 0.2) is 6.10 Å². The van der Waals surface area contributed by atoms with Crippen molar-refractivity contribution >= 4 is 5.91 Å². The molecule has 1 aromatic carbocycles. The first-order valence-electron chi connectivity index (χ1n) is 6.40. The second kappa shape index (κ2) is 5.87. The number of ether oxygens (including phenoxy) is 1. The lowest BCUT2D eigenvalue weighted by Gasteiger charge is -2.19. The Morgan fingerprint density at radius 3 is 2.94 bits per heavy atom. The van der Waals surface area contributed by atoms with Crippen LogP contribution >= 0.6 is 0 Å². The molecule has 98 valence electrons. The molecule has 1 aliphatic heterocycles. The maximum atomic E-state index is 11.8. The molecular weight excluding hydrogens is 230 g/mol. The van der Waals surface area contributed by atoms with E-state index in [1.165, 1.54) is 0 Å². The van der Waals surface area contributed by atoms with Crippen molar-refractivity contribution in [2.24, 2.45) is 0 Å². The summed E-state index contributed by atoms with van der Waals surface area (Å²) in [6.45, 7) is 2.41. The van der Waals surface area contributed by atoms with Crippen molar-refractivity contribution in [1.29, 1.82) is 0 Å². The predicted molar refractivity (Wildman–Crippen MR) is 68.4 cm³/mol. The Morgan fingerprint density at radius 2 is 2.17 bits per heavy atom. The topological polar surface area (TPSA) is 58.6 Å². The second-order valence-corrected chi connectivity index (χ2v) is 4.61. The number of rotatable bonds is 3. The van der Waals surface area contributed by atoms with Gasteiger partial charge in [0.05, 0.1) is 6.10 Å². The Morgan fingerprint density at radius 1 is 1.39 bits per heavy atom. The van der Waals surface area contributed by atoms with Gasteiger partial charge in [-0.3, -0.25) is 4.79 Å². The van der Waals surface area contributed by atoms with E-state index in [9.17, 15) is 9.90 Å². The molecule has 0 saturated carbocycles. The van der Waals surface area contributed by atoms with Crippen LogP contribution in [0.1, 0.15) is 37.9 Å². The summed E-state index contributed by atoms with van der Waals surface area (Å²) in [6.07, 6.45) is 1.63. The van der Waals surface area contributed by atoms with E-state index < -0.39 is 12.2 Å². The molecule has 0 spiro atoms. The molecule has 4 nitrogen and oxygen atoms in total. The fraction of sp³-hybridized carbons (Fsp3) is 0.500. The molecule has 0 aliphatic carbocycles. The smallest absolute Gasteiger partial charge is 0.261 e. The van der Waals surface area contributed by atoms with Crippen LogP contribution in [0, 0.1) is 0 Å². The number of amides is 1. The van der Waals surface area contributed by atoms with Gasteiger partial charge in [-0.1, -0.05) is 18.2 Å². The van der Waals surface area contributed by atoms with E-state index in [-0.39, 0.29) is 5.91 Å². The molecule has 1 aliphatic rings. The molecule has 2 atom stereocenters. The van der Waals surface area contributed by atoms with E-state index in [0.29, 0.717) is 5.75 Å². The molecule has 0 aromatic heterocycles. The minimum Gasteiger partial charge on any atom is -0.480 e. The molecule has 1 saturated heterocycles. The van der Waals surface area contributed by atoms with Crippen molar-refractivity contribution in [2.45, 2.75) is 38.4 Å². The molecule has 1 amide bonds. The number of nitrogens with one attached hydrogen (secondary N) is 1. The van der Waals surface area contributed by atoms with E-state index in [0.717, 1.165) is 31.4 Å². The van der Waals surface area contributed by atoms with Crippen molar-refractivity contribution in [2.75, 3.05) is 6.54 Å². The van der Waals surface area contributed by atoms with E-state index in [4.69, 9.17) is 4.74 Å². The van der Waals surface area contributed by atoms with Crippen LogP contribution < -0.4 is 10.1 Å². The standard InChI is InChI=1S/C14H19NO3/c1-10(16)11-6-2-3-7-12(11)18-13-8-4-5-9-15-14(13)17/h2-3,6-7,10,13,16H,4-5,8-9H2,1H3,(H,15,17). The molecule has 1 heterocycles. The maximum absolute atomic E-state index is 11.8. The summed E-state index contributed by atoms with van der Waals surface area (Å²) < 4.78 is 5.77. The summed E-state index contributed by atoms with van der Waals surface area (Å²) in [5.41, 5.74) is 0.717. The zero-order chi connectivity index (χ0) is 13.0. The van der Waals surface area contributed by atoms with Gasteiger partial charge in [0.2, 0.25) is 0 Å². The van der Waals surface area contributed by atoms with Gasteiger partial charge in [-0.25, -0.2) is 0 Å². The van der Waals surface area contributed by atoms with Crippen LogP contribution in [0.3, 0.4) is 0 Å². The number of carbonyl (C=O) groups excluding carboxylic acids is 1. The lowest BCUT2D eigenvalue weighted by molar-refractivity contribution is -0.127. The van der Waals surface area contributed by atoms with E-state index in [2.05, 4.69) is 5.32 Å². The number of hydrogen-bond acceptors (Lipinski definition) is 3. The molecular formula is C14H19NO3. The number of aliphatic hydroxyl groups excluding tert-OH is 1. The monoisotopic (exact) mass is 249 g/mol. The molecule has 0 radical (unpaired) electrons. The van der Waals surface area contributed by atoms with Gasteiger partial charge in [0.25, 0.3) is 5.91 Å². The first kappa shape index (κ1) is 12.9. The number of para-hydroxylation sites is 1. The molecule has 2 rings (SSSR count). The maximum Gasteiger partial charge on any atom is 0.261 e. The lowest BCUT2D eigenvalue weighted by atomic mass is 10.1. The van der Waals surface area contributed by atoms with Crippen LogP contribution in [0.15, 0.2) is 24.3 Å². The first-order valence-corrected chi connectivity index (χ1v) is 6.40. The number of carbonyl (C=O) groups is 1. The van der Waals surface area contributed by atoms with Crippen molar-refractivity contribution < 1.29 is 14.6 Å². The minimum absolute atomic E-state index is 0.0621. The van der Waals surface area contributed by atoms with Crippen molar-refractivity contribution in [3.8, 4) is 5.75 Å². The highest BCUT2D eigenvalue weighted by atomic mass is 16.5. The lowest BCUT2D eigenvalue weighted by Crippen LogP contribution is -2.36. The Kier molecular flexibility index (Phi) is 4.20. The fourth-order valence-electron chi connectivity index (χ4n) is 2.11. The fourth-order valence-corrected chi connectivity index (χ4v) is 2.11. The Hall–Kier alpha value is -1.55. The highest BCUT2D eigenvalue weighted by Gasteiger charge is 2.23. The summed E-state index contributed by atoms with van der Waals surface area (Å²) in [5.74, 6) is 0.530. The molecule has 4 heteroatoms. The summed E-state index contributed by atoms with van der Waals surface area (Å²) in [7, 11) is 0. The van der Waals surface area contributed by atoms with E-state index >= 15 is 0 Å². The Balaban J connectivity index is 2.15. The molecule has 1 aromatic rings. The van der Waals surface area contributed by atoms with Crippen molar-refractivity contribution in [3.05, 3.63) is 29.8 Å². The van der Waals surface area contributed by atoms with Gasteiger partial charge in [0.1, 0.15) is 5.75 Å². The average molecular weight is 249 g/mol. The highest BCUT2D eigenvalue weighted by Crippen LogP contribution is 2.26. The highest BCUT2D eigenvalue weighted by molar-refractivity contribution is 5.81. The van der Waals surface area contributed by atoms with E-state index in [1.54, 1.807) is 13.0 Å². The van der Waals surface area contributed by atoms with Crippen LogP contribution in [0.25, 0.3) is 0 Å². The third-order valence-corrected chi connectivity index (χ3v) is 3.12. The zero-order valence-electron chi connectivity index (χ0n) is 10.6. The van der Waals surface area contributed by atoms with Crippen LogP contribution in [-0.4, -0.2) is 23.7 Å². The average Bonchev–Trinajstić information content (AvgIpc) is 2.55. The zero-order valence-corrected chi connectivity index (χ0v) is 10.6. The number of hydrogen-bond donors (Lipinski definition) is 2. The van der Waals surface area contributed by atoms with Crippen LogP contribution in [0.2, 0.25) is 0 Å². The summed E-state index contributed by atoms with van der Waals surface area (Å²) in [6, 6.07) is 7.30. The third kappa shape index (κ3) is 3.01. The molecule has 2 N–H and O–H groups in total. The van der Waals surface area contributed by atoms with Crippen LogP contribution in [0.5, 0.6) is 5.75 Å². The van der Waals surface area contributed by atoms with Crippen LogP contribution in [0.4, 0.5) is 0 Å². The molecule has 18 heavy (non-hydrogen) atoms. The van der Waals surface area contributed by atoms with Gasteiger partial charge < -0.3 is 15.2 Å². The number of aliphatic hydroxyl groups is 1. The first-order chi connectivity index (χ1) is 8.68. The van der Waals surface area contributed by atoms with Crippen LogP contribution in [-0.2, 0) is 4.79 Å². The summed E-state index contributed by atoms with van der Waals surface area (Å²) in [4.78, 5) is 11.8. The Bertz CT molecular complexity index is 417. The third-order valence-electron chi connectivity index (χ3n) is 3.12. The quantitative estimate of drug-likeness (QED) is 0.858. The summed E-state index contributed by atoms with van der Waals surface area (Å²) in [5, 5.41) is 12.5. The van der Waals surface area contributed by atoms with Crippen molar-refractivity contribution in [1.82, 2.24) is 5.32 Å². The Labute approximate surface area is 107 Å². The normalized spacial score (nSPS) is 21.9. The minimum atomic E-state index is -0.602. The number of benzene rings is 1. The van der Waals surface area contributed by atoms with Gasteiger partial charge in [-0.05, 0) is 32.3 Å². The largest absolute Gasteiger partial charge is 0.480 e. The van der Waals surface area contributed by atoms with Gasteiger partial charge in [-0.2, -0.15) is 0 Å². The van der Waals surface area contributed by atoms with Crippen molar-refractivity contribution in [3.63, 3.8) is 0 Å². The predicted octanol–water partition coefficient (Wildman–Crippen LogP) is 1.79. The molecule has 0 bridgehead atoms. The van der Waals surface area contributed by atoms with E-state index in [1.807, 2.05) is 18.2 Å². The SMILES string of the molecule is CC(O)c1ccccc1OC1CCCCNC1=O. The molecule has 1 fully saturated rings.